The number of para-hydroxylation sites is 1. The van der Waals surface area contributed by atoms with Crippen LogP contribution in [0.1, 0.15) is 28.9 Å². The fourth-order valence-electron chi connectivity index (χ4n) is 3.00. The number of carbonyl (C=O) groups is 2. The number of methoxy groups -OCH3 is 1. The molecule has 0 aliphatic rings. The van der Waals surface area contributed by atoms with Gasteiger partial charge >= 0.3 is 5.97 Å². The van der Waals surface area contributed by atoms with E-state index in [1.165, 1.54) is 7.11 Å². The smallest absolute Gasteiger partial charge is 0.341 e. The number of esters is 1. The van der Waals surface area contributed by atoms with Gasteiger partial charge < -0.3 is 14.8 Å². The number of ether oxygens (including phenoxy) is 2. The minimum absolute atomic E-state index is 0.178. The van der Waals surface area contributed by atoms with Crippen LogP contribution in [0.5, 0.6) is 5.75 Å². The number of benzene rings is 3. The zero-order valence-electron chi connectivity index (χ0n) is 15.3. The van der Waals surface area contributed by atoms with Gasteiger partial charge in [-0.25, -0.2) is 4.79 Å². The van der Waals surface area contributed by atoms with E-state index in [0.29, 0.717) is 5.75 Å². The molecule has 0 spiro atoms. The summed E-state index contributed by atoms with van der Waals surface area (Å²) in [5.74, 6) is -0.456. The van der Waals surface area contributed by atoms with Gasteiger partial charge in [0.25, 0.3) is 5.91 Å². The molecule has 0 aromatic heterocycles. The lowest BCUT2D eigenvalue weighted by Gasteiger charge is -2.17. The Morgan fingerprint density at radius 3 is 2.48 bits per heavy atom. The molecule has 3 aromatic carbocycles. The standard InChI is InChI=1S/C22H21NO4/c1-15(17-12-7-9-16-8-3-4-10-18(16)17)23-21(24)14-27-20-13-6-5-11-19(20)22(25)26-2/h3-13,15H,14H2,1-2H3,(H,23,24)/t15-/m0/s1. The summed E-state index contributed by atoms with van der Waals surface area (Å²) in [5.41, 5.74) is 1.33. The van der Waals surface area contributed by atoms with Crippen LogP contribution in [-0.4, -0.2) is 25.6 Å². The summed E-state index contributed by atoms with van der Waals surface area (Å²) in [4.78, 5) is 24.1. The second-order valence-electron chi connectivity index (χ2n) is 6.13. The highest BCUT2D eigenvalue weighted by Crippen LogP contribution is 2.24. The predicted octanol–water partition coefficient (Wildman–Crippen LogP) is 3.88. The highest BCUT2D eigenvalue weighted by molar-refractivity contribution is 5.92. The maximum Gasteiger partial charge on any atom is 0.341 e. The lowest BCUT2D eigenvalue weighted by atomic mass is 10.00. The van der Waals surface area contributed by atoms with Gasteiger partial charge in [-0.15, -0.1) is 0 Å². The van der Waals surface area contributed by atoms with E-state index in [1.807, 2.05) is 49.4 Å². The fraction of sp³-hybridized carbons (Fsp3) is 0.182. The molecule has 5 nitrogen and oxygen atoms in total. The molecule has 0 aliphatic heterocycles. The molecule has 0 unspecified atom stereocenters. The van der Waals surface area contributed by atoms with Crippen LogP contribution in [0.25, 0.3) is 10.8 Å². The van der Waals surface area contributed by atoms with Crippen molar-refractivity contribution in [2.45, 2.75) is 13.0 Å². The van der Waals surface area contributed by atoms with Crippen molar-refractivity contribution in [1.29, 1.82) is 0 Å². The molecule has 138 valence electrons. The molecule has 0 radical (unpaired) electrons. The molecule has 3 aromatic rings. The first kappa shape index (κ1) is 18.5. The van der Waals surface area contributed by atoms with Crippen LogP contribution in [0, 0.1) is 0 Å². The zero-order chi connectivity index (χ0) is 19.2. The third kappa shape index (κ3) is 4.26. The summed E-state index contributed by atoms with van der Waals surface area (Å²) < 4.78 is 10.3. The first-order valence-electron chi connectivity index (χ1n) is 8.67. The molecule has 27 heavy (non-hydrogen) atoms. The average molecular weight is 363 g/mol. The molecule has 3 rings (SSSR count). The summed E-state index contributed by atoms with van der Waals surface area (Å²) in [6.45, 7) is 1.74. The quantitative estimate of drug-likeness (QED) is 0.675. The Labute approximate surface area is 157 Å². The molecular weight excluding hydrogens is 342 g/mol. The van der Waals surface area contributed by atoms with Crippen LogP contribution in [0.4, 0.5) is 0 Å². The summed E-state index contributed by atoms with van der Waals surface area (Å²) in [6.07, 6.45) is 0. The summed E-state index contributed by atoms with van der Waals surface area (Å²) in [6, 6.07) is 20.6. The van der Waals surface area contributed by atoms with Crippen molar-refractivity contribution in [1.82, 2.24) is 5.32 Å². The molecule has 0 heterocycles. The molecule has 0 aliphatic carbocycles. The van der Waals surface area contributed by atoms with Crippen molar-refractivity contribution >= 4 is 22.6 Å². The molecular formula is C22H21NO4. The molecule has 0 fully saturated rings. The first-order chi connectivity index (χ1) is 13.1. The molecule has 1 N–H and O–H groups in total. The maximum atomic E-state index is 12.3. The number of nitrogens with one attached hydrogen (secondary N) is 1. The van der Waals surface area contributed by atoms with E-state index < -0.39 is 5.97 Å². The Hall–Kier alpha value is -3.34. The van der Waals surface area contributed by atoms with Crippen molar-refractivity contribution in [3.05, 3.63) is 77.9 Å². The largest absolute Gasteiger partial charge is 0.483 e. The van der Waals surface area contributed by atoms with Crippen LogP contribution >= 0.6 is 0 Å². The normalized spacial score (nSPS) is 11.6. The van der Waals surface area contributed by atoms with Gasteiger partial charge in [-0.3, -0.25) is 4.79 Å². The van der Waals surface area contributed by atoms with Crippen molar-refractivity contribution < 1.29 is 19.1 Å². The Morgan fingerprint density at radius 2 is 1.67 bits per heavy atom. The monoisotopic (exact) mass is 363 g/mol. The molecule has 0 saturated heterocycles. The summed E-state index contributed by atoms with van der Waals surface area (Å²) in [5, 5.41) is 5.17. The molecule has 0 saturated carbocycles. The Bertz CT molecular complexity index is 962. The number of hydrogen-bond acceptors (Lipinski definition) is 4. The van der Waals surface area contributed by atoms with E-state index in [1.54, 1.807) is 24.3 Å². The van der Waals surface area contributed by atoms with Crippen molar-refractivity contribution in [3.8, 4) is 5.75 Å². The predicted molar refractivity (Wildman–Crippen MR) is 104 cm³/mol. The van der Waals surface area contributed by atoms with Crippen LogP contribution in [0.15, 0.2) is 66.7 Å². The topological polar surface area (TPSA) is 64.6 Å². The molecule has 1 atom stereocenters. The minimum Gasteiger partial charge on any atom is -0.483 e. The second-order valence-corrected chi connectivity index (χ2v) is 6.13. The van der Waals surface area contributed by atoms with E-state index in [4.69, 9.17) is 9.47 Å². The van der Waals surface area contributed by atoms with Crippen molar-refractivity contribution in [2.75, 3.05) is 13.7 Å². The third-order valence-electron chi connectivity index (χ3n) is 4.32. The maximum absolute atomic E-state index is 12.3. The molecule has 5 heteroatoms. The number of carbonyl (C=O) groups excluding carboxylic acids is 2. The van der Waals surface area contributed by atoms with E-state index >= 15 is 0 Å². The van der Waals surface area contributed by atoms with E-state index in [0.717, 1.165) is 16.3 Å². The Kier molecular flexibility index (Phi) is 5.71. The molecule has 0 bridgehead atoms. The molecule has 1 amide bonds. The van der Waals surface area contributed by atoms with Gasteiger partial charge in [0.05, 0.1) is 13.2 Å². The third-order valence-corrected chi connectivity index (χ3v) is 4.32. The minimum atomic E-state index is -0.505. The summed E-state index contributed by atoms with van der Waals surface area (Å²) >= 11 is 0. The fourth-order valence-corrected chi connectivity index (χ4v) is 3.00. The number of hydrogen-bond donors (Lipinski definition) is 1. The van der Waals surface area contributed by atoms with Crippen LogP contribution < -0.4 is 10.1 Å². The van der Waals surface area contributed by atoms with Gasteiger partial charge in [0.15, 0.2) is 6.61 Å². The highest BCUT2D eigenvalue weighted by atomic mass is 16.5. The van der Waals surface area contributed by atoms with Gasteiger partial charge in [-0.05, 0) is 35.4 Å². The summed E-state index contributed by atoms with van der Waals surface area (Å²) in [7, 11) is 1.30. The van der Waals surface area contributed by atoms with Crippen LogP contribution in [0.3, 0.4) is 0 Å². The Balaban J connectivity index is 1.67. The van der Waals surface area contributed by atoms with Crippen molar-refractivity contribution in [2.24, 2.45) is 0 Å². The highest BCUT2D eigenvalue weighted by Gasteiger charge is 2.15. The number of fused-ring (bicyclic) bond motifs is 1. The van der Waals surface area contributed by atoms with Crippen LogP contribution in [-0.2, 0) is 9.53 Å². The van der Waals surface area contributed by atoms with Crippen molar-refractivity contribution in [3.63, 3.8) is 0 Å². The van der Waals surface area contributed by atoms with E-state index in [2.05, 4.69) is 5.32 Å². The lowest BCUT2D eigenvalue weighted by molar-refractivity contribution is -0.123. The number of rotatable bonds is 6. The van der Waals surface area contributed by atoms with Gasteiger partial charge in [-0.1, -0.05) is 54.6 Å². The van der Waals surface area contributed by atoms with E-state index in [9.17, 15) is 9.59 Å². The lowest BCUT2D eigenvalue weighted by Crippen LogP contribution is -2.31. The zero-order valence-corrected chi connectivity index (χ0v) is 15.3. The van der Waals surface area contributed by atoms with Crippen LogP contribution in [0.2, 0.25) is 0 Å². The first-order valence-corrected chi connectivity index (χ1v) is 8.67. The van der Waals surface area contributed by atoms with Gasteiger partial charge in [0.2, 0.25) is 0 Å². The van der Waals surface area contributed by atoms with Gasteiger partial charge in [-0.2, -0.15) is 0 Å². The van der Waals surface area contributed by atoms with Gasteiger partial charge in [0.1, 0.15) is 11.3 Å². The Morgan fingerprint density at radius 1 is 0.963 bits per heavy atom. The number of amides is 1. The SMILES string of the molecule is COC(=O)c1ccccc1OCC(=O)N[C@@H](C)c1cccc2ccccc12. The second kappa shape index (κ2) is 8.36. The van der Waals surface area contributed by atoms with E-state index in [-0.39, 0.29) is 24.1 Å². The average Bonchev–Trinajstić information content (AvgIpc) is 2.71. The van der Waals surface area contributed by atoms with Gasteiger partial charge in [0, 0.05) is 0 Å².